The molecule has 0 spiro atoms. The molecule has 1 aliphatic heterocycles. The molecule has 1 aromatic rings. The summed E-state index contributed by atoms with van der Waals surface area (Å²) in [7, 11) is 1.73. The van der Waals surface area contributed by atoms with E-state index >= 15 is 0 Å². The molecule has 0 bridgehead atoms. The Kier molecular flexibility index (Phi) is 6.82. The summed E-state index contributed by atoms with van der Waals surface area (Å²) in [6.45, 7) is 2.50. The molecule has 0 aromatic heterocycles. The van der Waals surface area contributed by atoms with Gasteiger partial charge in [0.05, 0.1) is 6.42 Å². The van der Waals surface area contributed by atoms with E-state index in [1.54, 1.807) is 7.11 Å². The predicted molar refractivity (Wildman–Crippen MR) is 83.0 cm³/mol. The summed E-state index contributed by atoms with van der Waals surface area (Å²) < 4.78 is 5.17. The maximum Gasteiger partial charge on any atom is 0.226 e. The second kappa shape index (κ2) is 8.12. The third-order valence-electron chi connectivity index (χ3n) is 3.70. The van der Waals surface area contributed by atoms with E-state index in [-0.39, 0.29) is 18.3 Å². The molecule has 1 aliphatic rings. The van der Waals surface area contributed by atoms with Crippen LogP contribution in [0.4, 0.5) is 5.69 Å². The van der Waals surface area contributed by atoms with Crippen molar-refractivity contribution in [3.8, 4) is 0 Å². The molecule has 0 radical (unpaired) electrons. The Hall–Kier alpha value is -1.26. The van der Waals surface area contributed by atoms with Gasteiger partial charge in [0.1, 0.15) is 0 Å². The van der Waals surface area contributed by atoms with Crippen LogP contribution in [0.2, 0.25) is 0 Å². The van der Waals surface area contributed by atoms with E-state index < -0.39 is 0 Å². The summed E-state index contributed by atoms with van der Waals surface area (Å²) in [5, 5.41) is 0. The maximum atomic E-state index is 12.2. The highest BCUT2D eigenvalue weighted by Crippen LogP contribution is 2.18. The van der Waals surface area contributed by atoms with Gasteiger partial charge in [-0.25, -0.2) is 0 Å². The average molecular weight is 299 g/mol. The zero-order valence-corrected chi connectivity index (χ0v) is 12.7. The van der Waals surface area contributed by atoms with Crippen LogP contribution >= 0.6 is 12.4 Å². The molecule has 0 unspecified atom stereocenters. The Morgan fingerprint density at radius 2 is 1.90 bits per heavy atom. The molecule has 0 saturated carbocycles. The fraction of sp³-hybridized carbons (Fsp3) is 0.533. The Bertz CT molecular complexity index is 414. The molecule has 112 valence electrons. The fourth-order valence-electron chi connectivity index (χ4n) is 2.51. The number of hydrogen-bond donors (Lipinski definition) is 1. The lowest BCUT2D eigenvalue weighted by Gasteiger charge is -2.31. The first kappa shape index (κ1) is 16.8. The Labute approximate surface area is 126 Å². The molecule has 4 nitrogen and oxygen atoms in total. The van der Waals surface area contributed by atoms with E-state index in [1.165, 1.54) is 0 Å². The number of nitrogens with zero attached hydrogens (tertiary/aromatic N) is 1. The molecule has 0 atom stereocenters. The smallest absolute Gasteiger partial charge is 0.226 e. The van der Waals surface area contributed by atoms with Crippen molar-refractivity contribution in [2.75, 3.05) is 32.5 Å². The van der Waals surface area contributed by atoms with Crippen LogP contribution in [-0.4, -0.2) is 37.6 Å². The van der Waals surface area contributed by atoms with Gasteiger partial charge in [-0.2, -0.15) is 0 Å². The quantitative estimate of drug-likeness (QED) is 0.866. The second-order valence-electron chi connectivity index (χ2n) is 5.20. The molecular weight excluding hydrogens is 276 g/mol. The number of carbonyl (C=O) groups is 1. The van der Waals surface area contributed by atoms with E-state index in [1.807, 2.05) is 29.2 Å². The number of halogens is 1. The van der Waals surface area contributed by atoms with Crippen LogP contribution in [0.25, 0.3) is 0 Å². The van der Waals surface area contributed by atoms with Crippen LogP contribution in [0.5, 0.6) is 0 Å². The standard InChI is InChI=1S/C15H22N2O2.ClH/c1-19-11-13-6-8-17(9-7-13)15(18)10-12-2-4-14(16)5-3-12;/h2-5,13H,6-11,16H2,1H3;1H. The van der Waals surface area contributed by atoms with E-state index in [4.69, 9.17) is 10.5 Å². The van der Waals surface area contributed by atoms with Gasteiger partial charge in [-0.15, -0.1) is 12.4 Å². The van der Waals surface area contributed by atoms with Gasteiger partial charge in [-0.05, 0) is 36.5 Å². The number of nitrogen functional groups attached to an aromatic ring is 1. The Morgan fingerprint density at radius 1 is 1.30 bits per heavy atom. The number of hydrogen-bond acceptors (Lipinski definition) is 3. The lowest BCUT2D eigenvalue weighted by molar-refractivity contribution is -0.132. The van der Waals surface area contributed by atoms with Gasteiger partial charge >= 0.3 is 0 Å². The van der Waals surface area contributed by atoms with Crippen molar-refractivity contribution in [2.24, 2.45) is 5.92 Å². The van der Waals surface area contributed by atoms with Gasteiger partial charge in [0.15, 0.2) is 0 Å². The normalized spacial score (nSPS) is 15.8. The first-order valence-electron chi connectivity index (χ1n) is 6.80. The van der Waals surface area contributed by atoms with E-state index in [9.17, 15) is 4.79 Å². The van der Waals surface area contributed by atoms with Crippen molar-refractivity contribution in [1.29, 1.82) is 0 Å². The second-order valence-corrected chi connectivity index (χ2v) is 5.20. The van der Waals surface area contributed by atoms with Gasteiger partial charge in [-0.3, -0.25) is 4.79 Å². The molecule has 1 fully saturated rings. The summed E-state index contributed by atoms with van der Waals surface area (Å²) >= 11 is 0. The van der Waals surface area contributed by atoms with Crippen LogP contribution in [0, 0.1) is 5.92 Å². The van der Waals surface area contributed by atoms with Gasteiger partial charge in [0, 0.05) is 32.5 Å². The molecule has 1 saturated heterocycles. The minimum atomic E-state index is 0. The van der Waals surface area contributed by atoms with Crippen LogP contribution in [0.1, 0.15) is 18.4 Å². The van der Waals surface area contributed by atoms with Gasteiger partial charge in [0.25, 0.3) is 0 Å². The number of benzene rings is 1. The summed E-state index contributed by atoms with van der Waals surface area (Å²) in [5.74, 6) is 0.811. The van der Waals surface area contributed by atoms with Crippen molar-refractivity contribution < 1.29 is 9.53 Å². The number of amides is 1. The number of piperidine rings is 1. The minimum absolute atomic E-state index is 0. The first-order valence-corrected chi connectivity index (χ1v) is 6.80. The van der Waals surface area contributed by atoms with Crippen molar-refractivity contribution in [2.45, 2.75) is 19.3 Å². The maximum absolute atomic E-state index is 12.2. The van der Waals surface area contributed by atoms with Gasteiger partial charge in [0.2, 0.25) is 5.91 Å². The fourth-order valence-corrected chi connectivity index (χ4v) is 2.51. The number of likely N-dealkylation sites (tertiary alicyclic amines) is 1. The van der Waals surface area contributed by atoms with Gasteiger partial charge in [-0.1, -0.05) is 12.1 Å². The van der Waals surface area contributed by atoms with Crippen molar-refractivity contribution in [3.05, 3.63) is 29.8 Å². The highest BCUT2D eigenvalue weighted by atomic mass is 35.5. The van der Waals surface area contributed by atoms with E-state index in [0.717, 1.165) is 43.8 Å². The first-order chi connectivity index (χ1) is 9.19. The summed E-state index contributed by atoms with van der Waals surface area (Å²) in [6.07, 6.45) is 2.55. The number of nitrogens with two attached hydrogens (primary N) is 1. The predicted octanol–water partition coefficient (Wildman–Crippen LogP) is 2.12. The van der Waals surface area contributed by atoms with Crippen LogP contribution in [0.3, 0.4) is 0 Å². The highest BCUT2D eigenvalue weighted by Gasteiger charge is 2.22. The van der Waals surface area contributed by atoms with E-state index in [0.29, 0.717) is 12.3 Å². The summed E-state index contributed by atoms with van der Waals surface area (Å²) in [4.78, 5) is 14.1. The van der Waals surface area contributed by atoms with Crippen LogP contribution in [0.15, 0.2) is 24.3 Å². The van der Waals surface area contributed by atoms with Crippen LogP contribution < -0.4 is 5.73 Å². The topological polar surface area (TPSA) is 55.6 Å². The molecule has 20 heavy (non-hydrogen) atoms. The SMILES string of the molecule is COCC1CCN(C(=O)Cc2ccc(N)cc2)CC1.Cl. The van der Waals surface area contributed by atoms with E-state index in [2.05, 4.69) is 0 Å². The number of ether oxygens (including phenoxy) is 1. The summed E-state index contributed by atoms with van der Waals surface area (Å²) in [6, 6.07) is 7.52. The molecular formula is C15H23ClN2O2. The molecule has 0 aliphatic carbocycles. The Morgan fingerprint density at radius 3 is 2.45 bits per heavy atom. The largest absolute Gasteiger partial charge is 0.399 e. The highest BCUT2D eigenvalue weighted by molar-refractivity contribution is 5.85. The number of methoxy groups -OCH3 is 1. The number of anilines is 1. The zero-order chi connectivity index (χ0) is 13.7. The molecule has 2 rings (SSSR count). The van der Waals surface area contributed by atoms with Crippen LogP contribution in [-0.2, 0) is 16.0 Å². The third kappa shape index (κ3) is 4.69. The van der Waals surface area contributed by atoms with Crippen molar-refractivity contribution in [1.82, 2.24) is 4.90 Å². The Balaban J connectivity index is 0.00000200. The van der Waals surface area contributed by atoms with Crippen molar-refractivity contribution in [3.63, 3.8) is 0 Å². The van der Waals surface area contributed by atoms with Gasteiger partial charge < -0.3 is 15.4 Å². The molecule has 1 aromatic carbocycles. The monoisotopic (exact) mass is 298 g/mol. The molecule has 1 heterocycles. The summed E-state index contributed by atoms with van der Waals surface area (Å²) in [5.41, 5.74) is 7.40. The average Bonchev–Trinajstić information content (AvgIpc) is 2.42. The molecule has 5 heteroatoms. The third-order valence-corrected chi connectivity index (χ3v) is 3.70. The lowest BCUT2D eigenvalue weighted by Crippen LogP contribution is -2.40. The minimum Gasteiger partial charge on any atom is -0.399 e. The zero-order valence-electron chi connectivity index (χ0n) is 11.9. The number of carbonyl (C=O) groups excluding carboxylic acids is 1. The van der Waals surface area contributed by atoms with Crippen molar-refractivity contribution >= 4 is 24.0 Å². The lowest BCUT2D eigenvalue weighted by atomic mass is 9.97. The molecule has 1 amide bonds. The molecule has 2 N–H and O–H groups in total. The number of rotatable bonds is 4.